The predicted molar refractivity (Wildman–Crippen MR) is 173 cm³/mol. The van der Waals surface area contributed by atoms with Gasteiger partial charge in [-0.3, -0.25) is 14.4 Å². The van der Waals surface area contributed by atoms with Gasteiger partial charge in [0.1, 0.15) is 24.2 Å². The maximum atomic E-state index is 13.3. The lowest BCUT2D eigenvalue weighted by Gasteiger charge is -2.31. The van der Waals surface area contributed by atoms with Crippen molar-refractivity contribution in [2.75, 3.05) is 13.2 Å². The van der Waals surface area contributed by atoms with Gasteiger partial charge in [-0.1, -0.05) is 75.7 Å². The second-order valence-corrected chi connectivity index (χ2v) is 11.3. The van der Waals surface area contributed by atoms with Crippen molar-refractivity contribution in [2.45, 2.75) is 115 Å². The first-order chi connectivity index (χ1) is 21.6. The number of benzene rings is 1. The number of nitrogens with one attached hydrogen (secondary N) is 1. The van der Waals surface area contributed by atoms with Crippen molar-refractivity contribution in [3.05, 3.63) is 42.0 Å². The van der Waals surface area contributed by atoms with Crippen LogP contribution in [0.5, 0.6) is 5.75 Å². The molecular formula is C35H52N2O8. The highest BCUT2D eigenvalue weighted by atomic mass is 16.5. The zero-order valence-corrected chi connectivity index (χ0v) is 26.9. The lowest BCUT2D eigenvalue weighted by molar-refractivity contribution is -0.151. The number of hydrogen-bond donors (Lipinski definition) is 5. The number of hydrogen-bond acceptors (Lipinski definition) is 7. The number of aliphatic hydroxyl groups excluding tert-OH is 1. The van der Waals surface area contributed by atoms with Gasteiger partial charge in [0.2, 0.25) is 5.91 Å². The molecule has 1 aromatic rings. The molecule has 0 radical (unpaired) electrons. The number of aliphatic carboxylic acids is 1. The zero-order valence-electron chi connectivity index (χ0n) is 26.9. The van der Waals surface area contributed by atoms with Crippen molar-refractivity contribution < 1.29 is 39.2 Å². The van der Waals surface area contributed by atoms with Crippen LogP contribution in [0.2, 0.25) is 0 Å². The fourth-order valence-electron chi connectivity index (χ4n) is 4.90. The summed E-state index contributed by atoms with van der Waals surface area (Å²) in [6.07, 6.45) is 13.1. The van der Waals surface area contributed by atoms with Gasteiger partial charge in [-0.2, -0.15) is 0 Å². The Balaban J connectivity index is 2.76. The lowest BCUT2D eigenvalue weighted by atomic mass is 9.82. The lowest BCUT2D eigenvalue weighted by Crippen LogP contribution is -2.57. The van der Waals surface area contributed by atoms with Gasteiger partial charge < -0.3 is 31.1 Å². The Hall–Kier alpha value is -3.68. The van der Waals surface area contributed by atoms with Gasteiger partial charge in [0.05, 0.1) is 5.92 Å². The van der Waals surface area contributed by atoms with Gasteiger partial charge in [-0.25, -0.2) is 4.79 Å². The van der Waals surface area contributed by atoms with E-state index in [9.17, 15) is 34.5 Å². The predicted octanol–water partition coefficient (Wildman–Crippen LogP) is 4.24. The third-order valence-electron chi connectivity index (χ3n) is 7.65. The first-order valence-electron chi connectivity index (χ1n) is 16.0. The maximum absolute atomic E-state index is 13.3. The summed E-state index contributed by atoms with van der Waals surface area (Å²) in [6.45, 7) is 3.47. The molecule has 0 bridgehead atoms. The van der Waals surface area contributed by atoms with E-state index in [1.807, 2.05) is 0 Å². The fraction of sp³-hybridized carbons (Fsp3) is 0.600. The number of primary amides is 1. The molecule has 0 aliphatic rings. The fourth-order valence-corrected chi connectivity index (χ4v) is 4.90. The molecule has 0 aliphatic carbocycles. The molecule has 6 N–H and O–H groups in total. The number of carbonyl (C=O) groups excluding carboxylic acids is 3. The van der Waals surface area contributed by atoms with Crippen molar-refractivity contribution in [3.8, 4) is 17.6 Å². The number of carboxylic acid groups (broad SMARTS) is 1. The van der Waals surface area contributed by atoms with Crippen molar-refractivity contribution in [2.24, 2.45) is 11.7 Å². The molecule has 250 valence electrons. The Morgan fingerprint density at radius 3 is 2.18 bits per heavy atom. The Bertz CT molecular complexity index is 1140. The summed E-state index contributed by atoms with van der Waals surface area (Å²) < 4.78 is 5.47. The number of unbranched alkanes of at least 4 members (excludes halogenated alkanes) is 8. The van der Waals surface area contributed by atoms with Gasteiger partial charge in [0.25, 0.3) is 5.91 Å². The number of amides is 2. The number of nitrogens with two attached hydrogens (primary N) is 1. The van der Waals surface area contributed by atoms with Crippen LogP contribution in [0.15, 0.2) is 36.4 Å². The van der Waals surface area contributed by atoms with E-state index in [0.29, 0.717) is 36.4 Å². The quantitative estimate of drug-likeness (QED) is 0.0607. The molecule has 10 heteroatoms. The largest absolute Gasteiger partial charge is 0.481 e. The number of rotatable bonds is 25. The van der Waals surface area contributed by atoms with Crippen LogP contribution in [-0.2, 0) is 25.6 Å². The standard InChI is InChI=1S/C35H52N2O8/c1-3-5-7-10-13-16-28(39)17-14-11-8-9-12-15-18-30(35(44,23-24-38)34(36)43)32(40)37-31(33(41)42)26-27-19-21-29(22-20-27)45-25-6-4-2/h15,18-22,30-31,38,44H,3,5,7-14,16-17,23-26H2,1-2H3,(H2,36,43)(H,37,40)(H,41,42)/t30?,31?,35-/m0/s1. The molecule has 0 saturated heterocycles. The monoisotopic (exact) mass is 628 g/mol. The minimum atomic E-state index is -2.42. The molecular weight excluding hydrogens is 576 g/mol. The molecule has 45 heavy (non-hydrogen) atoms. The molecule has 0 aromatic heterocycles. The van der Waals surface area contributed by atoms with Crippen LogP contribution in [0.4, 0.5) is 0 Å². The summed E-state index contributed by atoms with van der Waals surface area (Å²) in [7, 11) is 0. The van der Waals surface area contributed by atoms with Crippen LogP contribution >= 0.6 is 0 Å². The number of ketones is 1. The number of ether oxygens (including phenoxy) is 1. The van der Waals surface area contributed by atoms with Crippen LogP contribution in [0.3, 0.4) is 0 Å². The number of allylic oxidation sites excluding steroid dienone is 1. The van der Waals surface area contributed by atoms with Crippen LogP contribution in [0, 0.1) is 17.8 Å². The van der Waals surface area contributed by atoms with Gasteiger partial charge in [0.15, 0.2) is 5.60 Å². The Kier molecular flexibility index (Phi) is 19.9. The van der Waals surface area contributed by atoms with Gasteiger partial charge in [-0.15, -0.1) is 5.92 Å². The van der Waals surface area contributed by atoms with Gasteiger partial charge >= 0.3 is 5.97 Å². The van der Waals surface area contributed by atoms with E-state index in [2.05, 4.69) is 24.1 Å². The average Bonchev–Trinajstić information content (AvgIpc) is 3.00. The molecule has 0 spiro atoms. The minimum absolute atomic E-state index is 0.0666. The van der Waals surface area contributed by atoms with Crippen molar-refractivity contribution in [1.29, 1.82) is 0 Å². The number of Topliss-reactive ketones (excluding diaryl/α,β-unsaturated/α-hetero) is 1. The van der Waals surface area contributed by atoms with Crippen LogP contribution < -0.4 is 15.8 Å². The van der Waals surface area contributed by atoms with Crippen molar-refractivity contribution in [3.63, 3.8) is 0 Å². The van der Waals surface area contributed by atoms with E-state index in [4.69, 9.17) is 10.5 Å². The topological polar surface area (TPSA) is 176 Å². The first-order valence-corrected chi connectivity index (χ1v) is 16.0. The van der Waals surface area contributed by atoms with E-state index < -0.39 is 48.4 Å². The number of carboxylic acids is 1. The van der Waals surface area contributed by atoms with E-state index in [1.165, 1.54) is 25.3 Å². The Morgan fingerprint density at radius 1 is 1.00 bits per heavy atom. The summed E-state index contributed by atoms with van der Waals surface area (Å²) in [4.78, 5) is 49.7. The molecule has 0 saturated carbocycles. The molecule has 0 heterocycles. The molecule has 0 aliphatic heterocycles. The third-order valence-corrected chi connectivity index (χ3v) is 7.65. The average molecular weight is 629 g/mol. The SMILES string of the molecule is CC#CCOc1ccc(CC(NC(=O)C(C=CCCCCCCC(=O)CCCCCCC)[C@@](O)(CCO)C(N)=O)C(=O)O)cc1. The highest BCUT2D eigenvalue weighted by Crippen LogP contribution is 2.25. The van der Waals surface area contributed by atoms with E-state index in [-0.39, 0.29) is 13.0 Å². The maximum Gasteiger partial charge on any atom is 0.326 e. The smallest absolute Gasteiger partial charge is 0.326 e. The highest BCUT2D eigenvalue weighted by molar-refractivity contribution is 5.94. The number of aliphatic hydroxyl groups is 2. The molecule has 2 amide bonds. The van der Waals surface area contributed by atoms with Gasteiger partial charge in [0, 0.05) is 32.3 Å². The second kappa shape index (κ2) is 22.8. The Labute approximate surface area is 267 Å². The van der Waals surface area contributed by atoms with Gasteiger partial charge in [-0.05, 0) is 50.3 Å². The zero-order chi connectivity index (χ0) is 33.5. The van der Waals surface area contributed by atoms with Crippen LogP contribution in [0.25, 0.3) is 0 Å². The summed E-state index contributed by atoms with van der Waals surface area (Å²) >= 11 is 0. The first kappa shape index (κ1) is 39.3. The summed E-state index contributed by atoms with van der Waals surface area (Å²) in [5.41, 5.74) is 3.64. The summed E-state index contributed by atoms with van der Waals surface area (Å²) in [6, 6.07) is 5.31. The van der Waals surface area contributed by atoms with Crippen LogP contribution in [0.1, 0.15) is 103 Å². The minimum Gasteiger partial charge on any atom is -0.481 e. The summed E-state index contributed by atoms with van der Waals surface area (Å²) in [5.74, 6) is 1.44. The molecule has 10 nitrogen and oxygen atoms in total. The Morgan fingerprint density at radius 2 is 1.62 bits per heavy atom. The molecule has 2 unspecified atom stereocenters. The normalized spacial score (nSPS) is 13.7. The van der Waals surface area contributed by atoms with Crippen molar-refractivity contribution in [1.82, 2.24) is 5.32 Å². The highest BCUT2D eigenvalue weighted by Gasteiger charge is 2.45. The molecule has 3 atom stereocenters. The number of carbonyl (C=O) groups is 4. The second-order valence-electron chi connectivity index (χ2n) is 11.3. The molecule has 1 rings (SSSR count). The third kappa shape index (κ3) is 15.7. The summed E-state index contributed by atoms with van der Waals surface area (Å²) in [5, 5.41) is 32.8. The van der Waals surface area contributed by atoms with E-state index in [0.717, 1.165) is 38.5 Å². The van der Waals surface area contributed by atoms with Crippen molar-refractivity contribution >= 4 is 23.6 Å². The van der Waals surface area contributed by atoms with E-state index in [1.54, 1.807) is 37.3 Å². The van der Waals surface area contributed by atoms with Crippen LogP contribution in [-0.4, -0.2) is 63.7 Å². The van der Waals surface area contributed by atoms with E-state index >= 15 is 0 Å². The molecule has 1 aromatic carbocycles. The molecule has 0 fully saturated rings.